The molecule has 3 aromatic heterocycles. The molecule has 196 valence electrons. The highest BCUT2D eigenvalue weighted by atomic mass is 35.5. The Morgan fingerprint density at radius 1 is 1.18 bits per heavy atom. The highest BCUT2D eigenvalue weighted by Gasteiger charge is 2.37. The number of ether oxygens (including phenoxy) is 2. The molecule has 0 radical (unpaired) electrons. The summed E-state index contributed by atoms with van der Waals surface area (Å²) in [7, 11) is 0. The van der Waals surface area contributed by atoms with Crippen molar-refractivity contribution in [3.63, 3.8) is 0 Å². The summed E-state index contributed by atoms with van der Waals surface area (Å²) in [5, 5.41) is 13.8. The number of carbonyl (C=O) groups excluding carboxylic acids is 1. The number of nitrogens with zero attached hydrogens (tertiary/aromatic N) is 5. The van der Waals surface area contributed by atoms with Gasteiger partial charge < -0.3 is 14.0 Å². The van der Waals surface area contributed by atoms with Crippen LogP contribution in [0.4, 0.5) is 18.0 Å². The molecule has 1 aromatic carbocycles. The van der Waals surface area contributed by atoms with Gasteiger partial charge in [-0.1, -0.05) is 11.6 Å². The van der Waals surface area contributed by atoms with Gasteiger partial charge in [0.2, 0.25) is 5.75 Å². The molecular weight excluding hydrogens is 527 g/mol. The fraction of sp³-hybridized carbons (Fsp3) is 0.240. The Hall–Kier alpha value is -4.37. The molecule has 0 spiro atoms. The number of rotatable bonds is 4. The Kier molecular flexibility index (Phi) is 6.90. The van der Waals surface area contributed by atoms with E-state index in [4.69, 9.17) is 26.3 Å². The van der Waals surface area contributed by atoms with Crippen LogP contribution in [0.5, 0.6) is 11.5 Å². The van der Waals surface area contributed by atoms with Crippen molar-refractivity contribution in [2.24, 2.45) is 0 Å². The summed E-state index contributed by atoms with van der Waals surface area (Å²) in [4.78, 5) is 30.1. The van der Waals surface area contributed by atoms with E-state index in [-0.39, 0.29) is 34.2 Å². The topological polar surface area (TPSA) is 112 Å². The molecule has 0 bridgehead atoms. The molecule has 3 heterocycles. The van der Waals surface area contributed by atoms with Crippen molar-refractivity contribution in [2.75, 3.05) is 0 Å². The van der Waals surface area contributed by atoms with Gasteiger partial charge in [0.25, 0.3) is 5.56 Å². The second kappa shape index (κ2) is 9.83. The smallest absolute Gasteiger partial charge is 0.437 e. The number of hydrogen-bond acceptors (Lipinski definition) is 7. The van der Waals surface area contributed by atoms with Crippen LogP contribution < -0.4 is 10.3 Å². The van der Waals surface area contributed by atoms with Gasteiger partial charge in [-0.2, -0.15) is 23.5 Å². The first-order valence-electron chi connectivity index (χ1n) is 11.0. The Morgan fingerprint density at radius 3 is 2.58 bits per heavy atom. The standard InChI is InChI=1S/C25H19ClF3N5O4/c1-24(2,3)38-23(36)34-21-17(5-4-7-31-21)19(32-34)13-33-8-6-18(25(27,28)29)20(22(33)35)37-16-10-14(12-30)9-15(26)11-16/h4-11H,13H2,1-3H3. The van der Waals surface area contributed by atoms with E-state index in [1.165, 1.54) is 18.3 Å². The molecular formula is C25H19ClF3N5O4. The molecule has 9 nitrogen and oxygen atoms in total. The largest absolute Gasteiger partial charge is 0.451 e. The number of alkyl halides is 3. The molecule has 0 saturated heterocycles. The predicted molar refractivity (Wildman–Crippen MR) is 130 cm³/mol. The Labute approximate surface area is 218 Å². The Bertz CT molecular complexity index is 1650. The second-order valence-corrected chi connectivity index (χ2v) is 9.53. The van der Waals surface area contributed by atoms with Gasteiger partial charge in [0.1, 0.15) is 16.9 Å². The number of hydrogen-bond donors (Lipinski definition) is 0. The quantitative estimate of drug-likeness (QED) is 0.320. The molecule has 0 saturated carbocycles. The molecule has 0 atom stereocenters. The second-order valence-electron chi connectivity index (χ2n) is 9.09. The van der Waals surface area contributed by atoms with Crippen LogP contribution in [0.25, 0.3) is 11.0 Å². The third-order valence-corrected chi connectivity index (χ3v) is 5.27. The lowest BCUT2D eigenvalue weighted by Gasteiger charge is -2.18. The van der Waals surface area contributed by atoms with E-state index in [1.807, 2.05) is 6.07 Å². The maximum atomic E-state index is 13.8. The van der Waals surface area contributed by atoms with Crippen LogP contribution in [0.2, 0.25) is 5.02 Å². The predicted octanol–water partition coefficient (Wildman–Crippen LogP) is 5.76. The fourth-order valence-electron chi connectivity index (χ4n) is 3.53. The normalized spacial score (nSPS) is 11.8. The minimum Gasteiger partial charge on any atom is -0.451 e. The number of aromatic nitrogens is 4. The van der Waals surface area contributed by atoms with Crippen LogP contribution in [0.3, 0.4) is 0 Å². The molecule has 38 heavy (non-hydrogen) atoms. The molecule has 0 unspecified atom stereocenters. The molecule has 4 aromatic rings. The zero-order chi connectivity index (χ0) is 27.8. The number of pyridine rings is 2. The van der Waals surface area contributed by atoms with E-state index >= 15 is 0 Å². The van der Waals surface area contributed by atoms with Crippen molar-refractivity contribution >= 4 is 28.7 Å². The maximum Gasteiger partial charge on any atom is 0.437 e. The molecule has 0 amide bonds. The molecule has 13 heteroatoms. The average Bonchev–Trinajstić information content (AvgIpc) is 3.18. The van der Waals surface area contributed by atoms with Crippen LogP contribution in [0, 0.1) is 11.3 Å². The van der Waals surface area contributed by atoms with Gasteiger partial charge in [-0.15, -0.1) is 4.68 Å². The number of carbonyl (C=O) groups is 1. The Balaban J connectivity index is 1.80. The molecule has 0 fully saturated rings. The first-order valence-corrected chi connectivity index (χ1v) is 11.4. The lowest BCUT2D eigenvalue weighted by Crippen LogP contribution is -2.28. The van der Waals surface area contributed by atoms with E-state index in [1.54, 1.807) is 32.9 Å². The summed E-state index contributed by atoms with van der Waals surface area (Å²) in [6, 6.07) is 9.33. The molecule has 0 aliphatic heterocycles. The minimum absolute atomic E-state index is 0.0315. The maximum absolute atomic E-state index is 13.8. The first kappa shape index (κ1) is 26.7. The highest BCUT2D eigenvalue weighted by Crippen LogP contribution is 2.36. The third kappa shape index (κ3) is 5.63. The summed E-state index contributed by atoms with van der Waals surface area (Å²) in [5.41, 5.74) is -2.90. The number of benzene rings is 1. The zero-order valence-corrected chi connectivity index (χ0v) is 21.0. The van der Waals surface area contributed by atoms with Crippen LogP contribution in [-0.4, -0.2) is 31.0 Å². The SMILES string of the molecule is CC(C)(C)OC(=O)n1nc(Cn2ccc(C(F)(F)F)c(Oc3cc(Cl)cc(C#N)c3)c2=O)c2cccnc21. The van der Waals surface area contributed by atoms with Gasteiger partial charge in [-0.3, -0.25) is 4.79 Å². The van der Waals surface area contributed by atoms with Crippen molar-refractivity contribution < 1.29 is 27.4 Å². The van der Waals surface area contributed by atoms with Gasteiger partial charge in [-0.05, 0) is 57.2 Å². The van der Waals surface area contributed by atoms with Crippen LogP contribution in [-0.2, 0) is 17.5 Å². The van der Waals surface area contributed by atoms with Crippen LogP contribution in [0.1, 0.15) is 37.6 Å². The van der Waals surface area contributed by atoms with Gasteiger partial charge in [0.15, 0.2) is 5.65 Å². The number of halogens is 4. The van der Waals surface area contributed by atoms with Gasteiger partial charge in [0.05, 0.1) is 23.9 Å². The van der Waals surface area contributed by atoms with E-state index in [9.17, 15) is 22.8 Å². The first-order chi connectivity index (χ1) is 17.8. The summed E-state index contributed by atoms with van der Waals surface area (Å²) >= 11 is 5.94. The Morgan fingerprint density at radius 2 is 1.92 bits per heavy atom. The lowest BCUT2D eigenvalue weighted by molar-refractivity contribution is -0.138. The minimum atomic E-state index is -4.92. The van der Waals surface area contributed by atoms with Gasteiger partial charge in [-0.25, -0.2) is 9.78 Å². The van der Waals surface area contributed by atoms with Crippen molar-refractivity contribution in [3.05, 3.63) is 81.0 Å². The van der Waals surface area contributed by atoms with Gasteiger partial charge >= 0.3 is 12.3 Å². The summed E-state index contributed by atoms with van der Waals surface area (Å²) in [6.45, 7) is 4.71. The summed E-state index contributed by atoms with van der Waals surface area (Å²) in [6.07, 6.45) is -3.35. The van der Waals surface area contributed by atoms with E-state index < -0.39 is 34.7 Å². The van der Waals surface area contributed by atoms with Crippen molar-refractivity contribution in [1.82, 2.24) is 19.3 Å². The van der Waals surface area contributed by atoms with Crippen molar-refractivity contribution in [3.8, 4) is 17.6 Å². The van der Waals surface area contributed by atoms with Crippen LogP contribution >= 0.6 is 11.6 Å². The van der Waals surface area contributed by atoms with E-state index in [2.05, 4.69) is 10.1 Å². The van der Waals surface area contributed by atoms with Gasteiger partial charge in [0, 0.05) is 22.8 Å². The fourth-order valence-corrected chi connectivity index (χ4v) is 3.75. The highest BCUT2D eigenvalue weighted by molar-refractivity contribution is 6.30. The zero-order valence-electron chi connectivity index (χ0n) is 20.2. The molecule has 0 aliphatic rings. The van der Waals surface area contributed by atoms with E-state index in [0.29, 0.717) is 11.5 Å². The van der Waals surface area contributed by atoms with Crippen molar-refractivity contribution in [1.29, 1.82) is 5.26 Å². The number of fused-ring (bicyclic) bond motifs is 1. The molecule has 4 rings (SSSR count). The lowest BCUT2D eigenvalue weighted by atomic mass is 10.2. The molecule has 0 aliphatic carbocycles. The summed E-state index contributed by atoms with van der Waals surface area (Å²) < 4.78 is 53.9. The average molecular weight is 546 g/mol. The third-order valence-electron chi connectivity index (χ3n) is 5.05. The number of nitriles is 1. The van der Waals surface area contributed by atoms with Crippen LogP contribution in [0.15, 0.2) is 53.6 Å². The van der Waals surface area contributed by atoms with E-state index in [0.717, 1.165) is 21.5 Å². The van der Waals surface area contributed by atoms with Crippen molar-refractivity contribution in [2.45, 2.75) is 39.1 Å². The molecule has 0 N–H and O–H groups in total. The monoisotopic (exact) mass is 545 g/mol. The summed E-state index contributed by atoms with van der Waals surface area (Å²) in [5.74, 6) is -1.24.